The third-order valence-electron chi connectivity index (χ3n) is 5.10. The predicted octanol–water partition coefficient (Wildman–Crippen LogP) is 5.40. The Balaban J connectivity index is 1.77. The highest BCUT2D eigenvalue weighted by molar-refractivity contribution is 5.61. The molecule has 0 fully saturated rings. The van der Waals surface area contributed by atoms with Gasteiger partial charge in [0.2, 0.25) is 11.4 Å². The standard InChI is InChI=1S/C29H31N2O2/c1-32-28-20-9-5-14-24(28)12-3-7-16-26-18-11-19-27(31(26)23-22-30)17-8-4-13-25-15-6-10-21-29(25)33-2/h3-21H,22-23,30H2,1-2H3/q+1/b12-3+,13-4+,16-7+,17-8+. The van der Waals surface area contributed by atoms with Gasteiger partial charge in [-0.2, -0.15) is 4.57 Å². The van der Waals surface area contributed by atoms with Crippen molar-refractivity contribution in [2.75, 3.05) is 20.8 Å². The maximum atomic E-state index is 5.90. The van der Waals surface area contributed by atoms with E-state index in [1.54, 1.807) is 14.2 Å². The van der Waals surface area contributed by atoms with Crippen molar-refractivity contribution >= 4 is 24.3 Å². The van der Waals surface area contributed by atoms with Crippen molar-refractivity contribution < 1.29 is 14.0 Å². The van der Waals surface area contributed by atoms with Crippen molar-refractivity contribution in [1.29, 1.82) is 0 Å². The minimum atomic E-state index is 0.560. The van der Waals surface area contributed by atoms with E-state index in [1.807, 2.05) is 85.0 Å². The average molecular weight is 440 g/mol. The summed E-state index contributed by atoms with van der Waals surface area (Å²) < 4.78 is 13.0. The highest BCUT2D eigenvalue weighted by Crippen LogP contribution is 2.19. The monoisotopic (exact) mass is 439 g/mol. The highest BCUT2D eigenvalue weighted by atomic mass is 16.5. The summed E-state index contributed by atoms with van der Waals surface area (Å²) >= 11 is 0. The Kier molecular flexibility index (Phi) is 9.25. The number of benzene rings is 2. The van der Waals surface area contributed by atoms with Gasteiger partial charge in [0.25, 0.3) is 0 Å². The molecule has 168 valence electrons. The predicted molar refractivity (Wildman–Crippen MR) is 138 cm³/mol. The number of ether oxygens (including phenoxy) is 2. The molecule has 0 atom stereocenters. The van der Waals surface area contributed by atoms with Crippen molar-refractivity contribution in [1.82, 2.24) is 0 Å². The van der Waals surface area contributed by atoms with E-state index in [4.69, 9.17) is 15.2 Å². The van der Waals surface area contributed by atoms with E-state index in [-0.39, 0.29) is 0 Å². The zero-order chi connectivity index (χ0) is 23.3. The molecule has 3 rings (SSSR count). The minimum Gasteiger partial charge on any atom is -0.496 e. The number of nitrogens with zero attached hydrogens (tertiary/aromatic N) is 1. The summed E-state index contributed by atoms with van der Waals surface area (Å²) in [5.41, 5.74) is 10.1. The summed E-state index contributed by atoms with van der Waals surface area (Å²) in [4.78, 5) is 0. The molecule has 0 bridgehead atoms. The summed E-state index contributed by atoms with van der Waals surface area (Å²) in [6.07, 6.45) is 16.3. The third-order valence-corrected chi connectivity index (χ3v) is 5.10. The van der Waals surface area contributed by atoms with Crippen LogP contribution in [-0.2, 0) is 6.54 Å². The number of pyridine rings is 1. The summed E-state index contributed by atoms with van der Waals surface area (Å²) in [5, 5.41) is 0. The summed E-state index contributed by atoms with van der Waals surface area (Å²) in [6.45, 7) is 1.29. The molecule has 1 heterocycles. The molecule has 0 radical (unpaired) electrons. The van der Waals surface area contributed by atoms with Crippen LogP contribution in [0.5, 0.6) is 11.5 Å². The first-order valence-corrected chi connectivity index (χ1v) is 10.9. The molecule has 3 aromatic rings. The molecule has 0 unspecified atom stereocenters. The topological polar surface area (TPSA) is 48.4 Å². The Morgan fingerprint density at radius 1 is 0.636 bits per heavy atom. The van der Waals surface area contributed by atoms with Crippen molar-refractivity contribution in [3.63, 3.8) is 0 Å². The number of allylic oxidation sites excluding steroid dienone is 4. The third kappa shape index (κ3) is 6.79. The number of rotatable bonds is 10. The van der Waals surface area contributed by atoms with Crippen LogP contribution in [0.4, 0.5) is 0 Å². The van der Waals surface area contributed by atoms with Crippen LogP contribution in [0.25, 0.3) is 24.3 Å². The van der Waals surface area contributed by atoms with Gasteiger partial charge < -0.3 is 15.2 Å². The largest absolute Gasteiger partial charge is 0.496 e. The van der Waals surface area contributed by atoms with Gasteiger partial charge >= 0.3 is 0 Å². The van der Waals surface area contributed by atoms with Crippen LogP contribution in [-0.4, -0.2) is 20.8 Å². The zero-order valence-corrected chi connectivity index (χ0v) is 19.2. The maximum Gasteiger partial charge on any atom is 0.205 e. The molecule has 2 N–H and O–H groups in total. The first-order chi connectivity index (χ1) is 16.3. The number of para-hydroxylation sites is 2. The first kappa shape index (κ1) is 23.8. The summed E-state index contributed by atoms with van der Waals surface area (Å²) in [5.74, 6) is 1.71. The minimum absolute atomic E-state index is 0.560. The molecule has 0 saturated carbocycles. The van der Waals surface area contributed by atoms with Crippen LogP contribution < -0.4 is 19.8 Å². The molecule has 0 amide bonds. The average Bonchev–Trinajstić information content (AvgIpc) is 2.86. The number of hydrogen-bond acceptors (Lipinski definition) is 3. The number of hydrogen-bond donors (Lipinski definition) is 1. The molecule has 0 aliphatic heterocycles. The fourth-order valence-corrected chi connectivity index (χ4v) is 3.49. The van der Waals surface area contributed by atoms with Crippen LogP contribution in [0.15, 0.2) is 91.0 Å². The Morgan fingerprint density at radius 3 is 1.55 bits per heavy atom. The normalized spacial score (nSPS) is 11.8. The number of aromatic nitrogens is 1. The fraction of sp³-hybridized carbons (Fsp3) is 0.138. The highest BCUT2D eigenvalue weighted by Gasteiger charge is 2.11. The molecule has 1 aromatic heterocycles. The molecule has 33 heavy (non-hydrogen) atoms. The van der Waals surface area contributed by atoms with Gasteiger partial charge in [-0.3, -0.25) is 0 Å². The van der Waals surface area contributed by atoms with Crippen LogP contribution >= 0.6 is 0 Å². The van der Waals surface area contributed by atoms with Gasteiger partial charge in [0, 0.05) is 35.4 Å². The van der Waals surface area contributed by atoms with Crippen LogP contribution in [0, 0.1) is 0 Å². The van der Waals surface area contributed by atoms with E-state index in [2.05, 4.69) is 34.9 Å². The van der Waals surface area contributed by atoms with Gasteiger partial charge in [-0.25, -0.2) is 0 Å². The number of nitrogens with two attached hydrogens (primary N) is 1. The first-order valence-electron chi connectivity index (χ1n) is 10.9. The van der Waals surface area contributed by atoms with Crippen molar-refractivity contribution in [2.24, 2.45) is 5.73 Å². The molecule has 0 aliphatic rings. The second kappa shape index (κ2) is 12.8. The van der Waals surface area contributed by atoms with Crippen molar-refractivity contribution in [3.8, 4) is 11.5 Å². The molecular formula is C29H31N2O2+. The SMILES string of the molecule is COc1ccccc1/C=C/C=C/c1cccc(/C=C/C=C/c2ccccc2OC)[n+]1CCN. The maximum absolute atomic E-state index is 5.90. The van der Waals surface area contributed by atoms with Gasteiger partial charge in [0.05, 0.1) is 20.8 Å². The van der Waals surface area contributed by atoms with Crippen LogP contribution in [0.2, 0.25) is 0 Å². The lowest BCUT2D eigenvalue weighted by Gasteiger charge is -2.03. The van der Waals surface area contributed by atoms with E-state index in [9.17, 15) is 0 Å². The van der Waals surface area contributed by atoms with Gasteiger partial charge in [0.1, 0.15) is 11.5 Å². The van der Waals surface area contributed by atoms with E-state index < -0.39 is 0 Å². The number of methoxy groups -OCH3 is 2. The van der Waals surface area contributed by atoms with Crippen molar-refractivity contribution in [3.05, 3.63) is 114 Å². The zero-order valence-electron chi connectivity index (χ0n) is 19.2. The Hall–Kier alpha value is -3.89. The molecule has 4 nitrogen and oxygen atoms in total. The van der Waals surface area contributed by atoms with E-state index >= 15 is 0 Å². The van der Waals surface area contributed by atoms with Crippen LogP contribution in [0.3, 0.4) is 0 Å². The van der Waals surface area contributed by atoms with Gasteiger partial charge in [0.15, 0.2) is 6.54 Å². The lowest BCUT2D eigenvalue weighted by atomic mass is 10.1. The lowest BCUT2D eigenvalue weighted by molar-refractivity contribution is -0.697. The molecule has 0 spiro atoms. The molecule has 4 heteroatoms. The lowest BCUT2D eigenvalue weighted by Crippen LogP contribution is -2.43. The Labute approximate surface area is 196 Å². The summed E-state index contributed by atoms with van der Waals surface area (Å²) in [7, 11) is 3.37. The van der Waals surface area contributed by atoms with E-state index in [0.717, 1.165) is 40.6 Å². The van der Waals surface area contributed by atoms with Gasteiger partial charge in [-0.1, -0.05) is 72.9 Å². The quantitative estimate of drug-likeness (QED) is 0.340. The molecule has 0 aliphatic carbocycles. The van der Waals surface area contributed by atoms with E-state index in [1.165, 1.54) is 0 Å². The van der Waals surface area contributed by atoms with Crippen molar-refractivity contribution in [2.45, 2.75) is 6.54 Å². The molecular weight excluding hydrogens is 408 g/mol. The molecule has 2 aromatic carbocycles. The second-order valence-corrected chi connectivity index (χ2v) is 7.24. The Morgan fingerprint density at radius 2 is 1.09 bits per heavy atom. The Bertz CT molecular complexity index is 1070. The fourth-order valence-electron chi connectivity index (χ4n) is 3.49. The van der Waals surface area contributed by atoms with E-state index in [0.29, 0.717) is 6.54 Å². The van der Waals surface area contributed by atoms with Gasteiger partial charge in [-0.05, 0) is 18.2 Å². The molecule has 0 saturated heterocycles. The summed E-state index contributed by atoms with van der Waals surface area (Å²) in [6, 6.07) is 22.1. The second-order valence-electron chi connectivity index (χ2n) is 7.24. The van der Waals surface area contributed by atoms with Gasteiger partial charge in [-0.15, -0.1) is 0 Å². The van der Waals surface area contributed by atoms with Crippen LogP contribution in [0.1, 0.15) is 22.5 Å². The smallest absolute Gasteiger partial charge is 0.205 e.